The summed E-state index contributed by atoms with van der Waals surface area (Å²) in [5.41, 5.74) is 0.569. The zero-order chi connectivity index (χ0) is 17.4. The summed E-state index contributed by atoms with van der Waals surface area (Å²) in [5, 5.41) is 0. The highest BCUT2D eigenvalue weighted by atomic mass is 19.1. The molecule has 24 heavy (non-hydrogen) atoms. The average molecular weight is 330 g/mol. The van der Waals surface area contributed by atoms with Gasteiger partial charge in [-0.05, 0) is 50.3 Å². The van der Waals surface area contributed by atoms with E-state index in [0.29, 0.717) is 17.9 Å². The number of ketones is 1. The number of carbonyl (C=O) groups is 1. The highest BCUT2D eigenvalue weighted by Gasteiger charge is 2.08. The smallest absolute Gasteiger partial charge is 0.225 e. The van der Waals surface area contributed by atoms with E-state index in [4.69, 9.17) is 0 Å². The highest BCUT2D eigenvalue weighted by Crippen LogP contribution is 2.08. The van der Waals surface area contributed by atoms with E-state index < -0.39 is 0 Å². The van der Waals surface area contributed by atoms with Gasteiger partial charge in [0.1, 0.15) is 5.82 Å². The van der Waals surface area contributed by atoms with E-state index >= 15 is 0 Å². The molecule has 2 rings (SSSR count). The second kappa shape index (κ2) is 9.08. The largest absolute Gasteiger partial charge is 0.343 e. The highest BCUT2D eigenvalue weighted by molar-refractivity contribution is 5.95. The summed E-state index contributed by atoms with van der Waals surface area (Å²) < 4.78 is 12.8. The van der Waals surface area contributed by atoms with Crippen LogP contribution < -0.4 is 4.90 Å². The van der Waals surface area contributed by atoms with Crippen molar-refractivity contribution in [3.63, 3.8) is 0 Å². The van der Waals surface area contributed by atoms with E-state index in [1.54, 1.807) is 18.5 Å². The molecule has 0 saturated heterocycles. The molecule has 128 valence electrons. The number of carbonyl (C=O) groups excluding carboxylic acids is 1. The maximum absolute atomic E-state index is 12.8. The van der Waals surface area contributed by atoms with Crippen LogP contribution >= 0.6 is 0 Å². The molecular formula is C18H23FN4O. The van der Waals surface area contributed by atoms with Gasteiger partial charge in [-0.15, -0.1) is 0 Å². The molecule has 0 aliphatic heterocycles. The first-order valence-electron chi connectivity index (χ1n) is 8.02. The molecule has 0 spiro atoms. The van der Waals surface area contributed by atoms with E-state index in [-0.39, 0.29) is 11.6 Å². The average Bonchev–Trinajstić information content (AvgIpc) is 2.61. The van der Waals surface area contributed by atoms with Gasteiger partial charge >= 0.3 is 0 Å². The number of rotatable bonds is 9. The third-order valence-electron chi connectivity index (χ3n) is 3.82. The van der Waals surface area contributed by atoms with Crippen molar-refractivity contribution in [2.75, 3.05) is 38.6 Å². The van der Waals surface area contributed by atoms with Crippen LogP contribution in [0.5, 0.6) is 0 Å². The van der Waals surface area contributed by atoms with E-state index in [1.165, 1.54) is 24.3 Å². The Labute approximate surface area is 142 Å². The molecule has 0 amide bonds. The Bertz CT molecular complexity index is 633. The van der Waals surface area contributed by atoms with Crippen LogP contribution in [-0.2, 0) is 0 Å². The van der Waals surface area contributed by atoms with Crippen LogP contribution in [0.15, 0.2) is 42.7 Å². The quantitative estimate of drug-likeness (QED) is 0.662. The molecule has 1 aromatic heterocycles. The summed E-state index contributed by atoms with van der Waals surface area (Å²) in [4.78, 5) is 24.6. The van der Waals surface area contributed by atoms with E-state index in [1.807, 2.05) is 19.0 Å². The molecule has 0 fully saturated rings. The van der Waals surface area contributed by atoms with Crippen molar-refractivity contribution in [3.05, 3.63) is 54.1 Å². The maximum Gasteiger partial charge on any atom is 0.225 e. The number of hydrogen-bond donors (Lipinski definition) is 0. The summed E-state index contributed by atoms with van der Waals surface area (Å²) in [6.07, 6.45) is 4.69. The van der Waals surface area contributed by atoms with Gasteiger partial charge in [0, 0.05) is 44.5 Å². The summed E-state index contributed by atoms with van der Waals surface area (Å²) in [6.45, 7) is 2.50. The van der Waals surface area contributed by atoms with Crippen molar-refractivity contribution < 1.29 is 9.18 Å². The van der Waals surface area contributed by atoms with Crippen LogP contribution in [0, 0.1) is 5.82 Å². The first kappa shape index (κ1) is 18.0. The van der Waals surface area contributed by atoms with Crippen LogP contribution in [0.4, 0.5) is 10.3 Å². The lowest BCUT2D eigenvalue weighted by Crippen LogP contribution is -2.32. The predicted molar refractivity (Wildman–Crippen MR) is 92.8 cm³/mol. The third kappa shape index (κ3) is 5.70. The van der Waals surface area contributed by atoms with Gasteiger partial charge in [0.2, 0.25) is 5.95 Å². The lowest BCUT2D eigenvalue weighted by atomic mass is 10.1. The molecule has 0 radical (unpaired) electrons. The fourth-order valence-corrected chi connectivity index (χ4v) is 2.31. The monoisotopic (exact) mass is 330 g/mol. The molecule has 1 heterocycles. The van der Waals surface area contributed by atoms with Crippen LogP contribution in [0.1, 0.15) is 23.2 Å². The maximum atomic E-state index is 12.8. The Morgan fingerprint density at radius 1 is 1.04 bits per heavy atom. The summed E-state index contributed by atoms with van der Waals surface area (Å²) in [5.74, 6) is 0.438. The molecule has 0 aliphatic rings. The number of aromatic nitrogens is 2. The van der Waals surface area contributed by atoms with Gasteiger partial charge < -0.3 is 9.80 Å². The molecule has 0 N–H and O–H groups in total. The topological polar surface area (TPSA) is 49.3 Å². The molecule has 0 aliphatic carbocycles. The summed E-state index contributed by atoms with van der Waals surface area (Å²) in [6, 6.07) is 7.51. The van der Waals surface area contributed by atoms with Gasteiger partial charge in [0.05, 0.1) is 0 Å². The number of likely N-dealkylation sites (N-methyl/N-ethyl adjacent to an activating group) is 2. The Hall–Kier alpha value is -2.34. The van der Waals surface area contributed by atoms with Gasteiger partial charge in [0.15, 0.2) is 5.78 Å². The Morgan fingerprint density at radius 2 is 1.71 bits per heavy atom. The fraction of sp³-hybridized carbons (Fsp3) is 0.389. The second-order valence-electron chi connectivity index (χ2n) is 5.81. The molecule has 1 aromatic carbocycles. The van der Waals surface area contributed by atoms with Gasteiger partial charge in [0.25, 0.3) is 0 Å². The van der Waals surface area contributed by atoms with Crippen molar-refractivity contribution in [2.24, 2.45) is 0 Å². The number of hydrogen-bond acceptors (Lipinski definition) is 5. The molecular weight excluding hydrogens is 307 g/mol. The normalized spacial score (nSPS) is 10.8. The summed E-state index contributed by atoms with van der Waals surface area (Å²) in [7, 11) is 3.99. The molecule has 0 atom stereocenters. The number of halogens is 1. The van der Waals surface area contributed by atoms with Gasteiger partial charge in [-0.2, -0.15) is 0 Å². The van der Waals surface area contributed by atoms with Crippen molar-refractivity contribution in [3.8, 4) is 0 Å². The van der Waals surface area contributed by atoms with E-state index in [0.717, 1.165) is 26.1 Å². The minimum atomic E-state index is -0.321. The van der Waals surface area contributed by atoms with Crippen molar-refractivity contribution in [1.82, 2.24) is 14.9 Å². The Balaban J connectivity index is 1.67. The molecule has 5 nitrogen and oxygen atoms in total. The zero-order valence-electron chi connectivity index (χ0n) is 14.2. The Kier molecular flexibility index (Phi) is 6.81. The number of anilines is 1. The molecule has 0 unspecified atom stereocenters. The van der Waals surface area contributed by atoms with Crippen molar-refractivity contribution >= 4 is 11.7 Å². The molecule has 6 heteroatoms. The minimum Gasteiger partial charge on any atom is -0.343 e. The standard InChI is InChI=1S/C18H23FN4O/c1-22(13-14-23(2)18-20-10-4-11-21-18)12-3-5-17(24)15-6-8-16(19)9-7-15/h4,6-11H,3,5,12-14H2,1-2H3. The second-order valence-corrected chi connectivity index (χ2v) is 5.81. The van der Waals surface area contributed by atoms with Gasteiger partial charge in [-0.25, -0.2) is 14.4 Å². The van der Waals surface area contributed by atoms with Crippen LogP contribution in [-0.4, -0.2) is 54.4 Å². The van der Waals surface area contributed by atoms with E-state index in [9.17, 15) is 9.18 Å². The number of Topliss-reactive ketones (excluding diaryl/α,β-unsaturated/α-hetero) is 1. The van der Waals surface area contributed by atoms with Crippen LogP contribution in [0.3, 0.4) is 0 Å². The summed E-state index contributed by atoms with van der Waals surface area (Å²) >= 11 is 0. The number of benzene rings is 1. The third-order valence-corrected chi connectivity index (χ3v) is 3.82. The SMILES string of the molecule is CN(CCCC(=O)c1ccc(F)cc1)CCN(C)c1ncccn1. The molecule has 2 aromatic rings. The lowest BCUT2D eigenvalue weighted by molar-refractivity contribution is 0.0976. The van der Waals surface area contributed by atoms with Crippen LogP contribution in [0.25, 0.3) is 0 Å². The first-order valence-corrected chi connectivity index (χ1v) is 8.02. The molecule has 0 saturated carbocycles. The number of nitrogens with zero attached hydrogens (tertiary/aromatic N) is 4. The molecule has 0 bridgehead atoms. The van der Waals surface area contributed by atoms with Gasteiger partial charge in [-0.3, -0.25) is 4.79 Å². The Morgan fingerprint density at radius 3 is 2.38 bits per heavy atom. The van der Waals surface area contributed by atoms with Crippen molar-refractivity contribution in [1.29, 1.82) is 0 Å². The zero-order valence-corrected chi connectivity index (χ0v) is 14.2. The van der Waals surface area contributed by atoms with Crippen molar-refractivity contribution in [2.45, 2.75) is 12.8 Å². The van der Waals surface area contributed by atoms with Crippen LogP contribution in [0.2, 0.25) is 0 Å². The lowest BCUT2D eigenvalue weighted by Gasteiger charge is -2.21. The van der Waals surface area contributed by atoms with E-state index in [2.05, 4.69) is 14.9 Å². The van der Waals surface area contributed by atoms with Gasteiger partial charge in [-0.1, -0.05) is 0 Å². The fourth-order valence-electron chi connectivity index (χ4n) is 2.31. The first-order chi connectivity index (χ1) is 11.6. The predicted octanol–water partition coefficient (Wildman–Crippen LogP) is 2.65. The minimum absolute atomic E-state index is 0.0539.